The van der Waals surface area contributed by atoms with Crippen LogP contribution in [-0.4, -0.2) is 29.6 Å². The van der Waals surface area contributed by atoms with Crippen LogP contribution in [0.15, 0.2) is 0 Å². The summed E-state index contributed by atoms with van der Waals surface area (Å²) in [5, 5.41) is 0. The summed E-state index contributed by atoms with van der Waals surface area (Å²) in [6.07, 6.45) is 0. The monoisotopic (exact) mass is 128 g/mol. The van der Waals surface area contributed by atoms with Crippen LogP contribution in [0.5, 0.6) is 0 Å². The van der Waals surface area contributed by atoms with E-state index in [0.717, 1.165) is 0 Å². The summed E-state index contributed by atoms with van der Waals surface area (Å²) < 4.78 is 8.06. The summed E-state index contributed by atoms with van der Waals surface area (Å²) in [6.45, 7) is 0. The van der Waals surface area contributed by atoms with Gasteiger partial charge < -0.3 is 0 Å². The SMILES string of the molecule is O=P.[Fe].[NaH]. The molecule has 0 aliphatic heterocycles. The molecule has 1 nitrogen and oxygen atoms in total. The molecule has 0 aromatic heterocycles. The molecule has 0 N–H and O–H groups in total. The zero-order valence-corrected chi connectivity index (χ0v) is 3.37. The summed E-state index contributed by atoms with van der Waals surface area (Å²) in [5.74, 6) is 0. The Bertz CT molecular complexity index is 8.00. The van der Waals surface area contributed by atoms with Gasteiger partial charge in [-0.25, -0.2) is 0 Å². The van der Waals surface area contributed by atoms with Gasteiger partial charge in [-0.3, -0.25) is 4.57 Å². The molecule has 0 spiro atoms. The van der Waals surface area contributed by atoms with E-state index in [9.17, 15) is 0 Å². The first kappa shape index (κ1) is 17.5. The third-order valence-corrected chi connectivity index (χ3v) is 0. The van der Waals surface area contributed by atoms with Crippen LogP contribution in [0, 0.1) is 0 Å². The van der Waals surface area contributed by atoms with Crippen LogP contribution >= 0.6 is 9.12 Å². The van der Waals surface area contributed by atoms with Crippen LogP contribution in [0.4, 0.5) is 0 Å². The van der Waals surface area contributed by atoms with Crippen LogP contribution in [0.3, 0.4) is 0 Å². The molecule has 0 saturated carbocycles. The maximum absolute atomic E-state index is 8.06. The van der Waals surface area contributed by atoms with Crippen molar-refractivity contribution in [2.75, 3.05) is 0 Å². The molecule has 0 rings (SSSR count). The Morgan fingerprint density at radius 3 is 1.25 bits per heavy atom. The Balaban J connectivity index is -0.00000000500. The molecule has 0 aliphatic rings. The fourth-order valence-electron chi connectivity index (χ4n) is 0. The van der Waals surface area contributed by atoms with E-state index in [4.69, 9.17) is 4.57 Å². The zero-order chi connectivity index (χ0) is 2.00. The van der Waals surface area contributed by atoms with Gasteiger partial charge in [0.2, 0.25) is 0 Å². The van der Waals surface area contributed by atoms with Gasteiger partial charge in [0.15, 0.2) is 0 Å². The molecular weight excluding hydrogens is 126 g/mol. The van der Waals surface area contributed by atoms with E-state index in [1.54, 1.807) is 9.12 Å². The van der Waals surface area contributed by atoms with Crippen molar-refractivity contribution in [3.63, 3.8) is 0 Å². The summed E-state index contributed by atoms with van der Waals surface area (Å²) in [6, 6.07) is 0. The van der Waals surface area contributed by atoms with Gasteiger partial charge >= 0.3 is 29.6 Å². The van der Waals surface area contributed by atoms with Gasteiger partial charge in [-0.15, -0.1) is 0 Å². The average molecular weight is 128 g/mol. The van der Waals surface area contributed by atoms with Gasteiger partial charge in [0.1, 0.15) is 9.12 Å². The first-order chi connectivity index (χ1) is 1.00. The van der Waals surface area contributed by atoms with Gasteiger partial charge in [0, 0.05) is 17.1 Å². The fraction of sp³-hybridized carbons (Fsp3) is 0. The van der Waals surface area contributed by atoms with Crippen molar-refractivity contribution in [1.29, 1.82) is 0 Å². The molecule has 0 aromatic rings. The molecular formula is H2FeNaOP. The molecule has 0 fully saturated rings. The minimum atomic E-state index is 0. The Hall–Kier alpha value is 1.62. The molecule has 0 saturated heterocycles. The fourth-order valence-corrected chi connectivity index (χ4v) is 0. The van der Waals surface area contributed by atoms with Crippen molar-refractivity contribution in [1.82, 2.24) is 0 Å². The predicted molar refractivity (Wildman–Crippen MR) is 16.2 cm³/mol. The molecule has 4 heavy (non-hydrogen) atoms. The molecule has 0 bridgehead atoms. The Morgan fingerprint density at radius 2 is 1.25 bits per heavy atom. The standard InChI is InChI=1S/Fe.Na.HOP.H/c;;1-2;/h;;2H;. The molecule has 0 unspecified atom stereocenters. The van der Waals surface area contributed by atoms with Crippen LogP contribution in [-0.2, 0) is 21.6 Å². The molecule has 0 aromatic carbocycles. The second kappa shape index (κ2) is 23.1. The summed E-state index contributed by atoms with van der Waals surface area (Å²) >= 11 is 0. The second-order valence-electron chi connectivity index (χ2n) is 0. The summed E-state index contributed by atoms with van der Waals surface area (Å²) in [5.41, 5.74) is 0. The third kappa shape index (κ3) is 9.47. The molecule has 0 heterocycles. The maximum atomic E-state index is 8.06. The quantitative estimate of drug-likeness (QED) is 0.326. The minimum absolute atomic E-state index is 0. The van der Waals surface area contributed by atoms with E-state index >= 15 is 0 Å². The van der Waals surface area contributed by atoms with Crippen molar-refractivity contribution < 1.29 is 21.6 Å². The number of hydrogen-bond acceptors (Lipinski definition) is 1. The Labute approximate surface area is 59.9 Å². The summed E-state index contributed by atoms with van der Waals surface area (Å²) in [7, 11) is 1.72. The van der Waals surface area contributed by atoms with E-state index in [-0.39, 0.29) is 46.6 Å². The van der Waals surface area contributed by atoms with E-state index < -0.39 is 0 Å². The van der Waals surface area contributed by atoms with Crippen LogP contribution < -0.4 is 0 Å². The van der Waals surface area contributed by atoms with E-state index in [2.05, 4.69) is 0 Å². The van der Waals surface area contributed by atoms with Gasteiger partial charge in [0.05, 0.1) is 0 Å². The second-order valence-corrected chi connectivity index (χ2v) is 0. The number of hydrogen-bond donors (Lipinski definition) is 0. The van der Waals surface area contributed by atoms with Crippen LogP contribution in [0.1, 0.15) is 0 Å². The third-order valence-electron chi connectivity index (χ3n) is 0. The van der Waals surface area contributed by atoms with Crippen molar-refractivity contribution >= 4 is 38.7 Å². The van der Waals surface area contributed by atoms with Gasteiger partial charge in [-0.1, -0.05) is 0 Å². The first-order valence-corrected chi connectivity index (χ1v) is 0.612. The Kier molecular flexibility index (Phi) is 101. The van der Waals surface area contributed by atoms with Gasteiger partial charge in [0.25, 0.3) is 0 Å². The van der Waals surface area contributed by atoms with Crippen LogP contribution in [0.2, 0.25) is 0 Å². The van der Waals surface area contributed by atoms with Gasteiger partial charge in [-0.05, 0) is 0 Å². The molecule has 0 amide bonds. The average Bonchev–Trinajstić information content (AvgIpc) is 1.00. The normalized spacial score (nSPS) is 1.00. The summed E-state index contributed by atoms with van der Waals surface area (Å²) in [4.78, 5) is 0. The first-order valence-electron chi connectivity index (χ1n) is 0.204. The Morgan fingerprint density at radius 1 is 1.25 bits per heavy atom. The van der Waals surface area contributed by atoms with E-state index in [1.165, 1.54) is 0 Å². The molecule has 0 radical (unpaired) electrons. The molecule has 4 heteroatoms. The van der Waals surface area contributed by atoms with Crippen molar-refractivity contribution in [2.24, 2.45) is 0 Å². The van der Waals surface area contributed by atoms with Crippen molar-refractivity contribution in [3.05, 3.63) is 0 Å². The van der Waals surface area contributed by atoms with Gasteiger partial charge in [-0.2, -0.15) is 0 Å². The van der Waals surface area contributed by atoms with Crippen molar-refractivity contribution in [2.45, 2.75) is 0 Å². The zero-order valence-electron chi connectivity index (χ0n) is 1.26. The van der Waals surface area contributed by atoms with Crippen LogP contribution in [0.25, 0.3) is 0 Å². The predicted octanol–water partition coefficient (Wildman–Crippen LogP) is -0.176. The van der Waals surface area contributed by atoms with Crippen molar-refractivity contribution in [3.8, 4) is 0 Å². The molecule has 22 valence electrons. The van der Waals surface area contributed by atoms with E-state index in [1.807, 2.05) is 0 Å². The molecule has 0 atom stereocenters. The molecule has 0 aliphatic carbocycles. The van der Waals surface area contributed by atoms with E-state index in [0.29, 0.717) is 0 Å². The number of rotatable bonds is 0. The topological polar surface area (TPSA) is 17.1 Å².